The lowest BCUT2D eigenvalue weighted by Gasteiger charge is -2.31. The molecular weight excluding hydrogens is 208 g/mol. The molecular formula is C16H34O. The molecule has 0 N–H and O–H groups in total. The lowest BCUT2D eigenvalue weighted by atomic mass is 9.94. The van der Waals surface area contributed by atoms with Crippen molar-refractivity contribution in [2.24, 2.45) is 11.8 Å². The summed E-state index contributed by atoms with van der Waals surface area (Å²) in [7, 11) is 0. The van der Waals surface area contributed by atoms with Crippen LogP contribution in [0.25, 0.3) is 0 Å². The van der Waals surface area contributed by atoms with Gasteiger partial charge in [-0.05, 0) is 24.7 Å². The first-order chi connectivity index (χ1) is 8.10. The van der Waals surface area contributed by atoms with Crippen molar-refractivity contribution in [2.75, 3.05) is 0 Å². The van der Waals surface area contributed by atoms with Crippen molar-refractivity contribution in [1.82, 2.24) is 0 Å². The zero-order valence-corrected chi connectivity index (χ0v) is 13.0. The summed E-state index contributed by atoms with van der Waals surface area (Å²) in [6.07, 6.45) is 8.28. The van der Waals surface area contributed by atoms with Crippen LogP contribution in [0.15, 0.2) is 0 Å². The van der Waals surface area contributed by atoms with Gasteiger partial charge in [0.05, 0.1) is 12.2 Å². The van der Waals surface area contributed by atoms with E-state index < -0.39 is 0 Å². The van der Waals surface area contributed by atoms with E-state index >= 15 is 0 Å². The van der Waals surface area contributed by atoms with Gasteiger partial charge >= 0.3 is 0 Å². The molecule has 0 aromatic rings. The van der Waals surface area contributed by atoms with Gasteiger partial charge in [0.2, 0.25) is 0 Å². The molecule has 0 aromatic heterocycles. The zero-order chi connectivity index (χ0) is 13.3. The summed E-state index contributed by atoms with van der Waals surface area (Å²) < 4.78 is 6.44. The van der Waals surface area contributed by atoms with E-state index in [9.17, 15) is 0 Å². The molecule has 17 heavy (non-hydrogen) atoms. The second kappa shape index (κ2) is 9.94. The van der Waals surface area contributed by atoms with E-state index in [0.29, 0.717) is 24.0 Å². The maximum absolute atomic E-state index is 6.44. The van der Waals surface area contributed by atoms with Crippen molar-refractivity contribution >= 4 is 0 Å². The fourth-order valence-corrected chi connectivity index (χ4v) is 2.29. The van der Waals surface area contributed by atoms with Crippen LogP contribution < -0.4 is 0 Å². The molecule has 0 spiro atoms. The van der Waals surface area contributed by atoms with Gasteiger partial charge in [0.15, 0.2) is 0 Å². The Bertz CT molecular complexity index is 149. The van der Waals surface area contributed by atoms with E-state index in [0.717, 1.165) is 0 Å². The highest BCUT2D eigenvalue weighted by Gasteiger charge is 2.23. The molecule has 0 bridgehead atoms. The fraction of sp³-hybridized carbons (Fsp3) is 1.00. The average Bonchev–Trinajstić information content (AvgIpc) is 2.35. The first-order valence-corrected chi connectivity index (χ1v) is 7.75. The molecule has 0 amide bonds. The summed E-state index contributed by atoms with van der Waals surface area (Å²) in [5, 5.41) is 0. The van der Waals surface area contributed by atoms with E-state index in [2.05, 4.69) is 41.5 Å². The van der Waals surface area contributed by atoms with Crippen molar-refractivity contribution in [3.05, 3.63) is 0 Å². The van der Waals surface area contributed by atoms with Crippen molar-refractivity contribution in [3.63, 3.8) is 0 Å². The van der Waals surface area contributed by atoms with Gasteiger partial charge in [0.25, 0.3) is 0 Å². The Labute approximate surface area is 109 Å². The molecule has 0 saturated heterocycles. The molecule has 0 aliphatic rings. The third-order valence-corrected chi connectivity index (χ3v) is 4.05. The number of hydrogen-bond acceptors (Lipinski definition) is 1. The average molecular weight is 242 g/mol. The minimum absolute atomic E-state index is 0.468. The Hall–Kier alpha value is -0.0400. The molecule has 0 aromatic carbocycles. The smallest absolute Gasteiger partial charge is 0.0604 e. The van der Waals surface area contributed by atoms with E-state index in [4.69, 9.17) is 4.74 Å². The Balaban J connectivity index is 4.43. The van der Waals surface area contributed by atoms with Crippen LogP contribution in [0.3, 0.4) is 0 Å². The van der Waals surface area contributed by atoms with Gasteiger partial charge in [-0.2, -0.15) is 0 Å². The van der Waals surface area contributed by atoms with Crippen LogP contribution in [0.5, 0.6) is 0 Å². The van der Waals surface area contributed by atoms with Crippen molar-refractivity contribution in [1.29, 1.82) is 0 Å². The van der Waals surface area contributed by atoms with Crippen LogP contribution in [0.2, 0.25) is 0 Å². The molecule has 0 aliphatic heterocycles. The monoisotopic (exact) mass is 242 g/mol. The SMILES string of the molecule is CCCC(OC(CCC)C(C)CC)C(C)CC. The van der Waals surface area contributed by atoms with E-state index in [1.807, 2.05) is 0 Å². The Morgan fingerprint density at radius 1 is 0.706 bits per heavy atom. The third kappa shape index (κ3) is 6.45. The summed E-state index contributed by atoms with van der Waals surface area (Å²) in [4.78, 5) is 0. The summed E-state index contributed by atoms with van der Waals surface area (Å²) >= 11 is 0. The van der Waals surface area contributed by atoms with E-state index in [1.54, 1.807) is 0 Å². The third-order valence-electron chi connectivity index (χ3n) is 4.05. The molecule has 0 saturated carbocycles. The second-order valence-electron chi connectivity index (χ2n) is 5.56. The van der Waals surface area contributed by atoms with Crippen molar-refractivity contribution in [3.8, 4) is 0 Å². The Morgan fingerprint density at radius 2 is 1.06 bits per heavy atom. The van der Waals surface area contributed by atoms with Gasteiger partial charge in [-0.25, -0.2) is 0 Å². The van der Waals surface area contributed by atoms with E-state index in [-0.39, 0.29) is 0 Å². The Morgan fingerprint density at radius 3 is 1.29 bits per heavy atom. The molecule has 0 aliphatic carbocycles. The molecule has 4 unspecified atom stereocenters. The first-order valence-electron chi connectivity index (χ1n) is 7.75. The summed E-state index contributed by atoms with van der Waals surface area (Å²) in [5.41, 5.74) is 0. The van der Waals surface area contributed by atoms with Crippen molar-refractivity contribution in [2.45, 2.75) is 92.3 Å². The maximum atomic E-state index is 6.44. The van der Waals surface area contributed by atoms with Crippen LogP contribution >= 0.6 is 0 Å². The molecule has 1 nitrogen and oxygen atoms in total. The predicted octanol–water partition coefficient (Wildman–Crippen LogP) is 5.43. The largest absolute Gasteiger partial charge is 0.374 e. The Kier molecular flexibility index (Phi) is 9.91. The minimum atomic E-state index is 0.468. The van der Waals surface area contributed by atoms with Gasteiger partial charge in [0, 0.05) is 0 Å². The highest BCUT2D eigenvalue weighted by Crippen LogP contribution is 2.24. The standard InChI is InChI=1S/C16H34O/c1-7-11-15(13(5)9-3)17-16(12-8-2)14(6)10-4/h13-16H,7-12H2,1-6H3. The second-order valence-corrected chi connectivity index (χ2v) is 5.56. The van der Waals surface area contributed by atoms with Gasteiger partial charge in [0.1, 0.15) is 0 Å². The van der Waals surface area contributed by atoms with E-state index in [1.165, 1.54) is 38.5 Å². The molecule has 0 heterocycles. The quantitative estimate of drug-likeness (QED) is 0.496. The summed E-state index contributed by atoms with van der Waals surface area (Å²) in [6, 6.07) is 0. The van der Waals surface area contributed by atoms with Crippen LogP contribution in [0.1, 0.15) is 80.1 Å². The van der Waals surface area contributed by atoms with Crippen molar-refractivity contribution < 1.29 is 4.74 Å². The zero-order valence-electron chi connectivity index (χ0n) is 13.0. The minimum Gasteiger partial charge on any atom is -0.374 e. The maximum Gasteiger partial charge on any atom is 0.0604 e. The van der Waals surface area contributed by atoms with Gasteiger partial charge in [-0.1, -0.05) is 67.2 Å². The lowest BCUT2D eigenvalue weighted by Crippen LogP contribution is -2.31. The molecule has 0 fully saturated rings. The highest BCUT2D eigenvalue weighted by molar-refractivity contribution is 4.71. The summed E-state index contributed by atoms with van der Waals surface area (Å²) in [6.45, 7) is 13.7. The first kappa shape index (κ1) is 17.0. The van der Waals surface area contributed by atoms with Crippen LogP contribution in [-0.4, -0.2) is 12.2 Å². The fourth-order valence-electron chi connectivity index (χ4n) is 2.29. The van der Waals surface area contributed by atoms with Gasteiger partial charge < -0.3 is 4.74 Å². The van der Waals surface area contributed by atoms with Crippen LogP contribution in [0.4, 0.5) is 0 Å². The normalized spacial score (nSPS) is 18.7. The predicted molar refractivity (Wildman–Crippen MR) is 77.4 cm³/mol. The van der Waals surface area contributed by atoms with Gasteiger partial charge in [-0.15, -0.1) is 0 Å². The topological polar surface area (TPSA) is 9.23 Å². The molecule has 0 radical (unpaired) electrons. The molecule has 104 valence electrons. The summed E-state index contributed by atoms with van der Waals surface area (Å²) in [5.74, 6) is 1.39. The molecule has 0 rings (SSSR count). The van der Waals surface area contributed by atoms with Crippen LogP contribution in [-0.2, 0) is 4.74 Å². The lowest BCUT2D eigenvalue weighted by molar-refractivity contribution is -0.0711. The number of rotatable bonds is 10. The highest BCUT2D eigenvalue weighted by atomic mass is 16.5. The van der Waals surface area contributed by atoms with Crippen LogP contribution in [0, 0.1) is 11.8 Å². The van der Waals surface area contributed by atoms with Gasteiger partial charge in [-0.3, -0.25) is 0 Å². The number of ether oxygens (including phenoxy) is 1. The molecule has 4 atom stereocenters. The molecule has 1 heteroatoms. The number of hydrogen-bond donors (Lipinski definition) is 0.